The van der Waals surface area contributed by atoms with Gasteiger partial charge in [0.05, 0.1) is 18.8 Å². The zero-order valence-corrected chi connectivity index (χ0v) is 14.8. The molecule has 0 aliphatic carbocycles. The van der Waals surface area contributed by atoms with E-state index in [-0.39, 0.29) is 19.1 Å². The average Bonchev–Trinajstić information content (AvgIpc) is 2.78. The predicted molar refractivity (Wildman–Crippen MR) is 89.8 cm³/mol. The highest BCUT2D eigenvalue weighted by Crippen LogP contribution is 2.22. The van der Waals surface area contributed by atoms with Gasteiger partial charge in [-0.05, 0) is 18.9 Å². The van der Waals surface area contributed by atoms with Crippen molar-refractivity contribution in [1.29, 1.82) is 0 Å². The third-order valence-electron chi connectivity index (χ3n) is 3.69. The molecule has 0 aromatic carbocycles. The molecule has 0 radical (unpaired) electrons. The molecule has 1 N–H and O–H groups in total. The summed E-state index contributed by atoms with van der Waals surface area (Å²) in [6, 6.07) is 0. The Hall–Kier alpha value is -1.86. The number of aromatic nitrogens is 2. The zero-order valence-electron chi connectivity index (χ0n) is 14.0. The highest BCUT2D eigenvalue weighted by molar-refractivity contribution is 6.31. The quantitative estimate of drug-likeness (QED) is 0.814. The summed E-state index contributed by atoms with van der Waals surface area (Å²) >= 11 is 6.33. The fourth-order valence-electron chi connectivity index (χ4n) is 2.48. The predicted octanol–water partition coefficient (Wildman–Crippen LogP) is 1.83. The van der Waals surface area contributed by atoms with E-state index in [1.54, 1.807) is 10.8 Å². The minimum absolute atomic E-state index is 0.0395. The van der Waals surface area contributed by atoms with E-state index < -0.39 is 12.1 Å². The summed E-state index contributed by atoms with van der Waals surface area (Å²) in [6.07, 6.45) is 2.06. The molecule has 8 heteroatoms. The monoisotopic (exact) mass is 355 g/mol. The van der Waals surface area contributed by atoms with Crippen molar-refractivity contribution in [2.45, 2.75) is 33.4 Å². The second-order valence-corrected chi connectivity index (χ2v) is 6.54. The van der Waals surface area contributed by atoms with E-state index in [9.17, 15) is 9.59 Å². The van der Waals surface area contributed by atoms with E-state index in [0.29, 0.717) is 29.7 Å². The number of rotatable bonds is 5. The standard InChI is InChI=1S/C16H22ClN3O4/c1-10(2)8-20-15(17)12(11(3)18-20)4-5-14(21)19-6-7-24-13(9-19)16(22)23/h4-5,10,13H,6-9H2,1-3H3,(H,22,23)/b5-4+. The van der Waals surface area contributed by atoms with E-state index in [1.807, 2.05) is 6.92 Å². The smallest absolute Gasteiger partial charge is 0.334 e. The van der Waals surface area contributed by atoms with E-state index >= 15 is 0 Å². The van der Waals surface area contributed by atoms with Crippen LogP contribution >= 0.6 is 11.6 Å². The van der Waals surface area contributed by atoms with Crippen molar-refractivity contribution in [2.24, 2.45) is 5.92 Å². The Morgan fingerprint density at radius 2 is 2.21 bits per heavy atom. The first-order valence-corrected chi connectivity index (χ1v) is 8.21. The first-order chi connectivity index (χ1) is 11.3. The van der Waals surface area contributed by atoms with Gasteiger partial charge in [-0.3, -0.25) is 9.48 Å². The van der Waals surface area contributed by atoms with Crippen LogP contribution in [-0.4, -0.2) is 57.5 Å². The zero-order chi connectivity index (χ0) is 17.9. The molecule has 132 valence electrons. The maximum atomic E-state index is 12.3. The number of aryl methyl sites for hydroxylation is 1. The molecule has 1 aromatic rings. The van der Waals surface area contributed by atoms with Gasteiger partial charge in [-0.2, -0.15) is 5.10 Å². The van der Waals surface area contributed by atoms with Gasteiger partial charge in [0.15, 0.2) is 6.10 Å². The van der Waals surface area contributed by atoms with Crippen LogP contribution in [0.3, 0.4) is 0 Å². The van der Waals surface area contributed by atoms with Crippen LogP contribution < -0.4 is 0 Å². The van der Waals surface area contributed by atoms with E-state index in [1.165, 1.54) is 11.0 Å². The van der Waals surface area contributed by atoms with Gasteiger partial charge < -0.3 is 14.7 Å². The van der Waals surface area contributed by atoms with Gasteiger partial charge in [0.25, 0.3) is 0 Å². The number of amides is 1. The lowest BCUT2D eigenvalue weighted by Crippen LogP contribution is -2.48. The van der Waals surface area contributed by atoms with Crippen molar-refractivity contribution < 1.29 is 19.4 Å². The van der Waals surface area contributed by atoms with E-state index in [2.05, 4.69) is 18.9 Å². The number of carboxylic acids is 1. The largest absolute Gasteiger partial charge is 0.479 e. The molecule has 24 heavy (non-hydrogen) atoms. The molecule has 2 heterocycles. The highest BCUT2D eigenvalue weighted by Gasteiger charge is 2.28. The summed E-state index contributed by atoms with van der Waals surface area (Å²) in [4.78, 5) is 24.7. The fraction of sp³-hybridized carbons (Fsp3) is 0.562. The number of aliphatic carboxylic acids is 1. The molecule has 0 bridgehead atoms. The lowest BCUT2D eigenvalue weighted by molar-refractivity contribution is -0.158. The molecule has 1 aliphatic heterocycles. The summed E-state index contributed by atoms with van der Waals surface area (Å²) in [5.74, 6) is -0.927. The summed E-state index contributed by atoms with van der Waals surface area (Å²) in [6.45, 7) is 7.30. The maximum absolute atomic E-state index is 12.3. The van der Waals surface area contributed by atoms with Crippen LogP contribution in [0.25, 0.3) is 6.08 Å². The molecule has 1 amide bonds. The van der Waals surface area contributed by atoms with Crippen LogP contribution in [0.15, 0.2) is 6.08 Å². The number of carbonyl (C=O) groups excluding carboxylic acids is 1. The second kappa shape index (κ2) is 7.81. The second-order valence-electron chi connectivity index (χ2n) is 6.18. The Bertz CT molecular complexity index is 654. The summed E-state index contributed by atoms with van der Waals surface area (Å²) < 4.78 is 6.83. The number of morpholine rings is 1. The third kappa shape index (κ3) is 4.36. The summed E-state index contributed by atoms with van der Waals surface area (Å²) in [5, 5.41) is 13.9. The van der Waals surface area contributed by atoms with Gasteiger partial charge >= 0.3 is 5.97 Å². The fourth-order valence-corrected chi connectivity index (χ4v) is 2.79. The topological polar surface area (TPSA) is 84.7 Å². The van der Waals surface area contributed by atoms with Gasteiger partial charge in [-0.25, -0.2) is 4.79 Å². The molecule has 1 unspecified atom stereocenters. The number of nitrogens with zero attached hydrogens (tertiary/aromatic N) is 3. The molecule has 1 aromatic heterocycles. The first kappa shape index (κ1) is 18.5. The lowest BCUT2D eigenvalue weighted by atomic mass is 10.2. The molecular weight excluding hydrogens is 334 g/mol. The molecule has 7 nitrogen and oxygen atoms in total. The Morgan fingerprint density at radius 3 is 2.83 bits per heavy atom. The minimum atomic E-state index is -1.06. The van der Waals surface area contributed by atoms with Crippen molar-refractivity contribution in [3.63, 3.8) is 0 Å². The van der Waals surface area contributed by atoms with Gasteiger partial charge in [-0.15, -0.1) is 0 Å². The van der Waals surface area contributed by atoms with Crippen LogP contribution in [0, 0.1) is 12.8 Å². The molecular formula is C16H22ClN3O4. The lowest BCUT2D eigenvalue weighted by Gasteiger charge is -2.30. The van der Waals surface area contributed by atoms with Crippen LogP contribution in [0.2, 0.25) is 5.15 Å². The molecule has 1 aliphatic rings. The summed E-state index contributed by atoms with van der Waals surface area (Å²) in [5.41, 5.74) is 1.45. The SMILES string of the molecule is Cc1nn(CC(C)C)c(Cl)c1/C=C/C(=O)N1CCOC(C(=O)O)C1. The van der Waals surface area contributed by atoms with Crippen molar-refractivity contribution in [2.75, 3.05) is 19.7 Å². The molecule has 1 atom stereocenters. The van der Waals surface area contributed by atoms with Crippen LogP contribution in [-0.2, 0) is 20.9 Å². The first-order valence-electron chi connectivity index (χ1n) is 7.84. The Morgan fingerprint density at radius 1 is 1.50 bits per heavy atom. The number of hydrogen-bond donors (Lipinski definition) is 1. The molecule has 0 spiro atoms. The van der Waals surface area contributed by atoms with Crippen molar-refractivity contribution in [1.82, 2.24) is 14.7 Å². The van der Waals surface area contributed by atoms with Crippen molar-refractivity contribution >= 4 is 29.6 Å². The normalized spacial score (nSPS) is 18.5. The summed E-state index contributed by atoms with van der Waals surface area (Å²) in [7, 11) is 0. The van der Waals surface area contributed by atoms with Crippen LogP contribution in [0.1, 0.15) is 25.1 Å². The maximum Gasteiger partial charge on any atom is 0.334 e. The highest BCUT2D eigenvalue weighted by atomic mass is 35.5. The number of carboxylic acid groups (broad SMARTS) is 1. The third-order valence-corrected chi connectivity index (χ3v) is 4.09. The Balaban J connectivity index is 2.09. The van der Waals surface area contributed by atoms with Crippen molar-refractivity contribution in [3.05, 3.63) is 22.5 Å². The van der Waals surface area contributed by atoms with Crippen molar-refractivity contribution in [3.8, 4) is 0 Å². The molecule has 1 saturated heterocycles. The van der Waals surface area contributed by atoms with Gasteiger partial charge in [0.2, 0.25) is 5.91 Å². The Labute approximate surface area is 145 Å². The molecule has 2 rings (SSSR count). The van der Waals surface area contributed by atoms with Crippen LogP contribution in [0.4, 0.5) is 0 Å². The van der Waals surface area contributed by atoms with Gasteiger partial charge in [0, 0.05) is 24.7 Å². The number of ether oxygens (including phenoxy) is 1. The van der Waals surface area contributed by atoms with Gasteiger partial charge in [0.1, 0.15) is 5.15 Å². The molecule has 1 fully saturated rings. The molecule has 0 saturated carbocycles. The Kier molecular flexibility index (Phi) is 6.01. The number of halogens is 1. The van der Waals surface area contributed by atoms with Gasteiger partial charge in [-0.1, -0.05) is 25.4 Å². The number of carbonyl (C=O) groups is 2. The van der Waals surface area contributed by atoms with Crippen LogP contribution in [0.5, 0.6) is 0 Å². The van der Waals surface area contributed by atoms with E-state index in [0.717, 1.165) is 5.69 Å². The van der Waals surface area contributed by atoms with E-state index in [4.69, 9.17) is 21.4 Å². The number of hydrogen-bond acceptors (Lipinski definition) is 4. The minimum Gasteiger partial charge on any atom is -0.479 e. The average molecular weight is 356 g/mol.